The molecule has 0 spiro atoms. The molecule has 0 aromatic carbocycles. The first-order chi connectivity index (χ1) is 7.64. The number of rotatable bonds is 5. The van der Waals surface area contributed by atoms with Gasteiger partial charge in [0.25, 0.3) is 0 Å². The number of esters is 2. The van der Waals surface area contributed by atoms with Crippen molar-refractivity contribution in [3.05, 3.63) is 12.2 Å². The summed E-state index contributed by atoms with van der Waals surface area (Å²) in [7, 11) is 0.841. The summed E-state index contributed by atoms with van der Waals surface area (Å²) in [6, 6.07) is 0. The lowest BCUT2D eigenvalue weighted by atomic mass is 10.0. The van der Waals surface area contributed by atoms with Crippen LogP contribution >= 0.6 is 0 Å². The van der Waals surface area contributed by atoms with Crippen molar-refractivity contribution < 1.29 is 27.8 Å². The molecule has 0 saturated carbocycles. The predicted molar refractivity (Wildman–Crippen MR) is 56.5 cm³/mol. The molecule has 0 unspecified atom stereocenters. The van der Waals surface area contributed by atoms with Gasteiger partial charge in [-0.2, -0.15) is 8.78 Å². The van der Waals surface area contributed by atoms with Crippen LogP contribution in [0, 0.1) is 5.92 Å². The molecular weight excluding hydrogens is 234 g/mol. The van der Waals surface area contributed by atoms with Crippen LogP contribution in [0.4, 0.5) is 8.78 Å². The molecule has 0 aliphatic heterocycles. The molecule has 0 rings (SSSR count). The van der Waals surface area contributed by atoms with Gasteiger partial charge in [0.2, 0.25) is 0 Å². The molecule has 4 nitrogen and oxygen atoms in total. The third kappa shape index (κ3) is 3.80. The molecule has 0 aliphatic rings. The lowest BCUT2D eigenvalue weighted by Crippen LogP contribution is -2.47. The van der Waals surface area contributed by atoms with E-state index < -0.39 is 29.9 Å². The first-order valence-corrected chi connectivity index (χ1v) is 4.97. The quantitative estimate of drug-likeness (QED) is 0.552. The second kappa shape index (κ2) is 5.75. The fourth-order valence-corrected chi connectivity index (χ4v) is 1.10. The molecule has 17 heavy (non-hydrogen) atoms. The summed E-state index contributed by atoms with van der Waals surface area (Å²) >= 11 is 0. The van der Waals surface area contributed by atoms with E-state index >= 15 is 0 Å². The van der Waals surface area contributed by atoms with Crippen LogP contribution in [-0.2, 0) is 19.1 Å². The van der Waals surface area contributed by atoms with E-state index in [4.69, 9.17) is 0 Å². The Morgan fingerprint density at radius 3 is 2.06 bits per heavy atom. The van der Waals surface area contributed by atoms with E-state index in [0.717, 1.165) is 7.11 Å². The van der Waals surface area contributed by atoms with Crippen molar-refractivity contribution in [1.82, 2.24) is 0 Å². The van der Waals surface area contributed by atoms with Gasteiger partial charge in [-0.05, 0) is 12.8 Å². The van der Waals surface area contributed by atoms with Crippen molar-refractivity contribution >= 4 is 11.9 Å². The molecule has 0 aromatic heterocycles. The molecule has 0 bridgehead atoms. The maximum atomic E-state index is 13.6. The van der Waals surface area contributed by atoms with Crippen LogP contribution in [-0.4, -0.2) is 31.1 Å². The zero-order chi connectivity index (χ0) is 13.8. The zero-order valence-electron chi connectivity index (χ0n) is 10.3. The van der Waals surface area contributed by atoms with E-state index in [-0.39, 0.29) is 5.57 Å². The Kier molecular flexibility index (Phi) is 5.25. The Bertz CT molecular complexity index is 323. The van der Waals surface area contributed by atoms with Crippen molar-refractivity contribution in [2.24, 2.45) is 5.92 Å². The molecular formula is C11H16F2O4. The molecule has 0 saturated heterocycles. The van der Waals surface area contributed by atoms with Gasteiger partial charge in [-0.15, -0.1) is 0 Å². The predicted octanol–water partition coefficient (Wildman–Crippen LogP) is 1.94. The summed E-state index contributed by atoms with van der Waals surface area (Å²) in [6.45, 7) is 7.43. The summed E-state index contributed by atoms with van der Waals surface area (Å²) in [6.07, 6.45) is -1.88. The lowest BCUT2D eigenvalue weighted by molar-refractivity contribution is -0.199. The van der Waals surface area contributed by atoms with E-state index in [1.54, 1.807) is 0 Å². The number of hydrogen-bond acceptors (Lipinski definition) is 4. The highest BCUT2D eigenvalue weighted by Crippen LogP contribution is 2.29. The van der Waals surface area contributed by atoms with Crippen molar-refractivity contribution in [3.8, 4) is 0 Å². The summed E-state index contributed by atoms with van der Waals surface area (Å²) < 4.78 is 35.7. The Morgan fingerprint density at radius 2 is 1.76 bits per heavy atom. The minimum atomic E-state index is -3.88. The molecule has 1 atom stereocenters. The third-order valence-corrected chi connectivity index (χ3v) is 2.00. The van der Waals surface area contributed by atoms with Crippen LogP contribution in [0.2, 0.25) is 0 Å². The number of halogens is 2. The highest BCUT2D eigenvalue weighted by atomic mass is 19.3. The van der Waals surface area contributed by atoms with Crippen LogP contribution < -0.4 is 0 Å². The second-order valence-corrected chi connectivity index (χ2v) is 3.96. The van der Waals surface area contributed by atoms with Crippen molar-refractivity contribution in [1.29, 1.82) is 0 Å². The summed E-state index contributed by atoms with van der Waals surface area (Å²) in [5.41, 5.74) is -0.0173. The Morgan fingerprint density at radius 1 is 1.29 bits per heavy atom. The van der Waals surface area contributed by atoms with E-state index in [1.165, 1.54) is 20.8 Å². The maximum Gasteiger partial charge on any atom is 0.380 e. The van der Waals surface area contributed by atoms with Crippen molar-refractivity contribution in [2.45, 2.75) is 32.8 Å². The number of methoxy groups -OCH3 is 1. The number of ether oxygens (including phenoxy) is 2. The monoisotopic (exact) mass is 250 g/mol. The van der Waals surface area contributed by atoms with Gasteiger partial charge in [-0.25, -0.2) is 9.59 Å². The highest BCUT2D eigenvalue weighted by Gasteiger charge is 2.52. The van der Waals surface area contributed by atoms with Gasteiger partial charge in [0.05, 0.1) is 7.11 Å². The van der Waals surface area contributed by atoms with Gasteiger partial charge in [-0.3, -0.25) is 0 Å². The van der Waals surface area contributed by atoms with Crippen LogP contribution in [0.1, 0.15) is 20.8 Å². The standard InChI is InChI=1S/C11H16F2O4/c1-6(2)8(17-9(14)7(3)4)11(12,13)10(15)16-5/h6,8H,3H2,1-2,4-5H3/t8-/m1/s1. The van der Waals surface area contributed by atoms with Crippen LogP contribution in [0.5, 0.6) is 0 Å². The molecule has 0 radical (unpaired) electrons. The van der Waals surface area contributed by atoms with E-state index in [9.17, 15) is 18.4 Å². The average molecular weight is 250 g/mol. The molecule has 0 fully saturated rings. The normalized spacial score (nSPS) is 13.1. The minimum Gasteiger partial charge on any atom is -0.464 e. The largest absolute Gasteiger partial charge is 0.464 e. The van der Waals surface area contributed by atoms with E-state index in [1.807, 2.05) is 0 Å². The van der Waals surface area contributed by atoms with Gasteiger partial charge < -0.3 is 9.47 Å². The van der Waals surface area contributed by atoms with E-state index in [0.29, 0.717) is 0 Å². The number of carbonyl (C=O) groups excluding carboxylic acids is 2. The third-order valence-electron chi connectivity index (χ3n) is 2.00. The number of hydrogen-bond donors (Lipinski definition) is 0. The smallest absolute Gasteiger partial charge is 0.380 e. The molecule has 0 aliphatic carbocycles. The molecule has 6 heteroatoms. The lowest BCUT2D eigenvalue weighted by Gasteiger charge is -2.27. The molecule has 0 amide bonds. The number of carbonyl (C=O) groups is 2. The Labute approximate surface area is 98.6 Å². The van der Waals surface area contributed by atoms with Crippen LogP contribution in [0.25, 0.3) is 0 Å². The molecule has 0 heterocycles. The van der Waals surface area contributed by atoms with Crippen molar-refractivity contribution in [3.63, 3.8) is 0 Å². The molecule has 98 valence electrons. The van der Waals surface area contributed by atoms with Crippen LogP contribution in [0.3, 0.4) is 0 Å². The highest BCUT2D eigenvalue weighted by molar-refractivity contribution is 5.87. The molecule has 0 N–H and O–H groups in total. The average Bonchev–Trinajstić information content (AvgIpc) is 2.22. The SMILES string of the molecule is C=C(C)C(=O)O[C@H](C(C)C)C(F)(F)C(=O)OC. The van der Waals surface area contributed by atoms with Gasteiger partial charge in [0.15, 0.2) is 6.10 Å². The van der Waals surface area contributed by atoms with E-state index in [2.05, 4.69) is 16.1 Å². The Hall–Kier alpha value is -1.46. The summed E-state index contributed by atoms with van der Waals surface area (Å²) in [4.78, 5) is 22.2. The number of alkyl halides is 2. The first-order valence-electron chi connectivity index (χ1n) is 4.97. The molecule has 0 aromatic rings. The van der Waals surface area contributed by atoms with Gasteiger partial charge in [0, 0.05) is 5.57 Å². The summed E-state index contributed by atoms with van der Waals surface area (Å²) in [5.74, 6) is -7.32. The van der Waals surface area contributed by atoms with Gasteiger partial charge >= 0.3 is 17.9 Å². The Balaban J connectivity index is 5.04. The topological polar surface area (TPSA) is 52.6 Å². The summed E-state index contributed by atoms with van der Waals surface area (Å²) in [5, 5.41) is 0. The van der Waals surface area contributed by atoms with Crippen molar-refractivity contribution in [2.75, 3.05) is 7.11 Å². The maximum absolute atomic E-state index is 13.6. The zero-order valence-corrected chi connectivity index (χ0v) is 10.3. The van der Waals surface area contributed by atoms with Crippen LogP contribution in [0.15, 0.2) is 12.2 Å². The fourth-order valence-electron chi connectivity index (χ4n) is 1.10. The first kappa shape index (κ1) is 15.5. The fraction of sp³-hybridized carbons (Fsp3) is 0.636. The minimum absolute atomic E-state index is 0.0173. The van der Waals surface area contributed by atoms with Gasteiger partial charge in [-0.1, -0.05) is 20.4 Å². The van der Waals surface area contributed by atoms with Gasteiger partial charge in [0.1, 0.15) is 0 Å². The second-order valence-electron chi connectivity index (χ2n) is 3.96.